The molecule has 13 heteroatoms. The number of carbonyl (C=O) groups is 6. The number of nitrogens with zero attached hydrogens (tertiary/aromatic N) is 3. The van der Waals surface area contributed by atoms with Crippen LogP contribution >= 0.6 is 0 Å². The van der Waals surface area contributed by atoms with Gasteiger partial charge in [-0.25, -0.2) is 4.79 Å². The highest BCUT2D eigenvalue weighted by atomic mass is 16.5. The lowest BCUT2D eigenvalue weighted by Crippen LogP contribution is -2.59. The molecule has 1 aliphatic heterocycles. The molecule has 2 aliphatic rings. The molecular weight excluding hydrogens is 763 g/mol. The summed E-state index contributed by atoms with van der Waals surface area (Å²) in [5.74, 6) is -3.79. The minimum absolute atomic E-state index is 0.0144. The van der Waals surface area contributed by atoms with E-state index in [9.17, 15) is 33.9 Å². The quantitative estimate of drug-likeness (QED) is 0.142. The molecule has 1 saturated heterocycles. The van der Waals surface area contributed by atoms with E-state index < -0.39 is 60.4 Å². The van der Waals surface area contributed by atoms with E-state index in [1.807, 2.05) is 84.9 Å². The zero-order valence-corrected chi connectivity index (χ0v) is 34.3. The summed E-state index contributed by atoms with van der Waals surface area (Å²) in [5.41, 5.74) is 5.51. The molecular formula is C47H53N5O8. The van der Waals surface area contributed by atoms with E-state index in [1.165, 1.54) is 19.0 Å². The SMILES string of the molecule is C[C@H](NC(=O)[C@H](Cc1ccccc1)N(C)C(=O)[C@H](Cc1ccccc1)N(C)C(=O)[C@H](CC(=O)O)NC(=O)OCC1c2ccccc2-c2ccccc21)C(=O)N1CCCCC1. The highest BCUT2D eigenvalue weighted by Crippen LogP contribution is 2.44. The van der Waals surface area contributed by atoms with Crippen LogP contribution in [-0.4, -0.2) is 113 Å². The van der Waals surface area contributed by atoms with Crippen LogP contribution in [0.4, 0.5) is 4.79 Å². The number of ether oxygens (including phenoxy) is 1. The first-order valence-corrected chi connectivity index (χ1v) is 20.5. The molecule has 4 aromatic rings. The predicted molar refractivity (Wildman–Crippen MR) is 226 cm³/mol. The van der Waals surface area contributed by atoms with Crippen molar-refractivity contribution in [1.82, 2.24) is 25.3 Å². The Morgan fingerprint density at radius 3 is 1.73 bits per heavy atom. The number of likely N-dealkylation sites (tertiary alicyclic amines) is 1. The number of hydrogen-bond donors (Lipinski definition) is 3. The lowest BCUT2D eigenvalue weighted by atomic mass is 9.98. The molecule has 60 heavy (non-hydrogen) atoms. The van der Waals surface area contributed by atoms with Crippen molar-refractivity contribution in [1.29, 1.82) is 0 Å². The molecule has 1 heterocycles. The minimum atomic E-state index is -1.59. The average Bonchev–Trinajstić information content (AvgIpc) is 3.59. The van der Waals surface area contributed by atoms with Crippen molar-refractivity contribution in [3.8, 4) is 11.1 Å². The Hall–Kier alpha value is -6.50. The van der Waals surface area contributed by atoms with Gasteiger partial charge in [0.1, 0.15) is 30.8 Å². The topological polar surface area (TPSA) is 166 Å². The van der Waals surface area contributed by atoms with Gasteiger partial charge in [0.05, 0.1) is 6.42 Å². The molecule has 0 aromatic heterocycles. The van der Waals surface area contributed by atoms with Crippen molar-refractivity contribution in [2.75, 3.05) is 33.8 Å². The first kappa shape index (κ1) is 43.1. The Morgan fingerprint density at radius 1 is 0.683 bits per heavy atom. The fraction of sp³-hybridized carbons (Fsp3) is 0.362. The largest absolute Gasteiger partial charge is 0.481 e. The Labute approximate surface area is 350 Å². The number of rotatable bonds is 16. The number of benzene rings is 4. The van der Waals surface area contributed by atoms with Crippen molar-refractivity contribution in [3.63, 3.8) is 0 Å². The zero-order valence-electron chi connectivity index (χ0n) is 34.3. The Morgan fingerprint density at radius 2 is 1.18 bits per heavy atom. The van der Waals surface area contributed by atoms with E-state index in [4.69, 9.17) is 4.74 Å². The highest BCUT2D eigenvalue weighted by Gasteiger charge is 2.39. The van der Waals surface area contributed by atoms with E-state index in [0.29, 0.717) is 18.7 Å². The van der Waals surface area contributed by atoms with E-state index >= 15 is 0 Å². The van der Waals surface area contributed by atoms with Gasteiger partial charge in [-0.3, -0.25) is 24.0 Å². The van der Waals surface area contributed by atoms with Gasteiger partial charge in [0.15, 0.2) is 0 Å². The Balaban J connectivity index is 1.21. The normalized spacial score (nSPS) is 15.3. The molecule has 0 radical (unpaired) electrons. The summed E-state index contributed by atoms with van der Waals surface area (Å²) < 4.78 is 5.66. The summed E-state index contributed by atoms with van der Waals surface area (Å²) in [7, 11) is 2.86. The van der Waals surface area contributed by atoms with Crippen molar-refractivity contribution in [3.05, 3.63) is 131 Å². The minimum Gasteiger partial charge on any atom is -0.481 e. The number of likely N-dealkylation sites (N-methyl/N-ethyl adjacent to an activating group) is 2. The number of carbonyl (C=O) groups excluding carboxylic acids is 5. The number of fused-ring (bicyclic) bond motifs is 3. The van der Waals surface area contributed by atoms with Crippen LogP contribution in [0.15, 0.2) is 109 Å². The van der Waals surface area contributed by atoms with Crippen LogP contribution in [0.2, 0.25) is 0 Å². The molecule has 1 aliphatic carbocycles. The van der Waals surface area contributed by atoms with Crippen LogP contribution in [0, 0.1) is 0 Å². The van der Waals surface area contributed by atoms with Gasteiger partial charge in [-0.1, -0.05) is 109 Å². The van der Waals surface area contributed by atoms with Crippen molar-refractivity contribution in [2.45, 2.75) is 75.5 Å². The highest BCUT2D eigenvalue weighted by molar-refractivity contribution is 5.96. The van der Waals surface area contributed by atoms with Gasteiger partial charge in [0.25, 0.3) is 0 Å². The summed E-state index contributed by atoms with van der Waals surface area (Å²) in [4.78, 5) is 86.2. The van der Waals surface area contributed by atoms with Crippen molar-refractivity contribution < 1.29 is 38.6 Å². The molecule has 0 unspecified atom stereocenters. The number of amides is 5. The molecule has 4 atom stereocenters. The van der Waals surface area contributed by atoms with E-state index in [1.54, 1.807) is 36.1 Å². The maximum absolute atomic E-state index is 14.8. The molecule has 6 rings (SSSR count). The van der Waals surface area contributed by atoms with Crippen LogP contribution in [0.5, 0.6) is 0 Å². The third kappa shape index (κ3) is 10.4. The van der Waals surface area contributed by atoms with Gasteiger partial charge < -0.3 is 35.2 Å². The number of carboxylic acids is 1. The molecule has 5 amide bonds. The standard InChI is InChI=1S/C47H53N5O8/c1-31(44(56)52-25-15-6-16-26-52)48-43(55)40(27-32-17-7-4-8-18-32)50(2)46(58)41(28-33-19-9-5-10-20-33)51(3)45(57)39(29-42(53)54)49-47(59)60-30-38-36-23-13-11-21-34(36)35-22-12-14-24-37(35)38/h4-5,7-14,17-24,31,38-41H,6,15-16,25-30H2,1-3H3,(H,48,55)(H,49,59)(H,53,54)/t31-,39-,40-,41-/m0/s1. The van der Waals surface area contributed by atoms with Crippen LogP contribution in [0.1, 0.15) is 60.8 Å². The third-order valence-electron chi connectivity index (χ3n) is 11.5. The number of carboxylic acid groups (broad SMARTS) is 1. The summed E-state index contributed by atoms with van der Waals surface area (Å²) in [5, 5.41) is 15.2. The van der Waals surface area contributed by atoms with Gasteiger partial charge in [-0.05, 0) is 59.6 Å². The van der Waals surface area contributed by atoms with E-state index in [2.05, 4.69) is 10.6 Å². The van der Waals surface area contributed by atoms with Crippen molar-refractivity contribution >= 4 is 35.7 Å². The van der Waals surface area contributed by atoms with Gasteiger partial charge >= 0.3 is 12.1 Å². The number of hydrogen-bond acceptors (Lipinski definition) is 7. The molecule has 1 fully saturated rings. The molecule has 314 valence electrons. The fourth-order valence-electron chi connectivity index (χ4n) is 8.17. The second-order valence-corrected chi connectivity index (χ2v) is 15.5. The average molecular weight is 816 g/mol. The maximum Gasteiger partial charge on any atom is 0.407 e. The third-order valence-corrected chi connectivity index (χ3v) is 11.5. The van der Waals surface area contributed by atoms with Gasteiger partial charge in [0.2, 0.25) is 23.6 Å². The lowest BCUT2D eigenvalue weighted by molar-refractivity contribution is -0.149. The fourth-order valence-corrected chi connectivity index (χ4v) is 8.17. The molecule has 0 saturated carbocycles. The summed E-state index contributed by atoms with van der Waals surface area (Å²) >= 11 is 0. The Kier molecular flexibility index (Phi) is 14.3. The number of aliphatic carboxylic acids is 1. The van der Waals surface area contributed by atoms with Crippen molar-refractivity contribution in [2.24, 2.45) is 0 Å². The molecule has 3 N–H and O–H groups in total. The first-order chi connectivity index (χ1) is 28.9. The first-order valence-electron chi connectivity index (χ1n) is 20.5. The van der Waals surface area contributed by atoms with Crippen LogP contribution in [-0.2, 0) is 41.6 Å². The monoisotopic (exact) mass is 815 g/mol. The van der Waals surface area contributed by atoms with Crippen LogP contribution in [0.3, 0.4) is 0 Å². The summed E-state index contributed by atoms with van der Waals surface area (Å²) in [6.07, 6.45) is 1.19. The van der Waals surface area contributed by atoms with Crippen LogP contribution < -0.4 is 10.6 Å². The second kappa shape index (κ2) is 20.0. The Bertz CT molecular complexity index is 2110. The zero-order chi connectivity index (χ0) is 42.8. The van der Waals surface area contributed by atoms with Gasteiger partial charge in [-0.2, -0.15) is 0 Å². The number of piperidine rings is 1. The maximum atomic E-state index is 14.8. The molecule has 0 spiro atoms. The van der Waals surface area contributed by atoms with E-state index in [-0.39, 0.29) is 31.3 Å². The number of nitrogens with one attached hydrogen (secondary N) is 2. The van der Waals surface area contributed by atoms with Crippen LogP contribution in [0.25, 0.3) is 11.1 Å². The second-order valence-electron chi connectivity index (χ2n) is 15.5. The van der Waals surface area contributed by atoms with E-state index in [0.717, 1.165) is 52.0 Å². The van der Waals surface area contributed by atoms with Gasteiger partial charge in [-0.15, -0.1) is 0 Å². The smallest absolute Gasteiger partial charge is 0.407 e. The molecule has 4 aromatic carbocycles. The van der Waals surface area contributed by atoms with Gasteiger partial charge in [0, 0.05) is 45.9 Å². The number of alkyl carbamates (subject to hydrolysis) is 1. The summed E-state index contributed by atoms with van der Waals surface area (Å²) in [6.45, 7) is 2.81. The summed E-state index contributed by atoms with van der Waals surface area (Å²) in [6, 6.07) is 29.0. The molecule has 13 nitrogen and oxygen atoms in total. The molecule has 0 bridgehead atoms. The lowest BCUT2D eigenvalue weighted by Gasteiger charge is -2.36. The predicted octanol–water partition coefficient (Wildman–Crippen LogP) is 5.03.